The van der Waals surface area contributed by atoms with Gasteiger partial charge in [0.15, 0.2) is 0 Å². The van der Waals surface area contributed by atoms with Crippen LogP contribution in [0.3, 0.4) is 0 Å². The van der Waals surface area contributed by atoms with Crippen molar-refractivity contribution in [3.63, 3.8) is 0 Å². The number of nitrogens with one attached hydrogen (secondary N) is 1. The Bertz CT molecular complexity index is 375. The Morgan fingerprint density at radius 2 is 1.88 bits per heavy atom. The maximum absolute atomic E-state index is 6.01. The Labute approximate surface area is 110 Å². The molecule has 0 saturated heterocycles. The van der Waals surface area contributed by atoms with Gasteiger partial charge in [0.1, 0.15) is 0 Å². The minimum absolute atomic E-state index is 0.146. The summed E-state index contributed by atoms with van der Waals surface area (Å²) in [4.78, 5) is 0. The van der Waals surface area contributed by atoms with E-state index in [9.17, 15) is 0 Å². The Hall–Kier alpha value is -0.540. The molecule has 0 aliphatic heterocycles. The summed E-state index contributed by atoms with van der Waals surface area (Å²) >= 11 is 6.01. The highest BCUT2D eigenvalue weighted by Crippen LogP contribution is 2.21. The summed E-state index contributed by atoms with van der Waals surface area (Å²) in [5, 5.41) is 8.58. The lowest BCUT2D eigenvalue weighted by Crippen LogP contribution is -2.43. The van der Waals surface area contributed by atoms with Crippen LogP contribution in [0, 0.1) is 12.3 Å². The molecule has 0 bridgehead atoms. The molecular formula is C13H24ClN3. The molecule has 0 amide bonds. The number of rotatable bonds is 4. The van der Waals surface area contributed by atoms with Gasteiger partial charge in [-0.2, -0.15) is 5.10 Å². The van der Waals surface area contributed by atoms with Crippen LogP contribution >= 0.6 is 11.6 Å². The molecule has 0 atom stereocenters. The topological polar surface area (TPSA) is 29.9 Å². The van der Waals surface area contributed by atoms with Gasteiger partial charge in [0, 0.05) is 18.6 Å². The van der Waals surface area contributed by atoms with Gasteiger partial charge in [-0.25, -0.2) is 0 Å². The summed E-state index contributed by atoms with van der Waals surface area (Å²) in [6.07, 6.45) is 1.71. The molecule has 98 valence electrons. The Balaban J connectivity index is 2.63. The lowest BCUT2D eigenvalue weighted by atomic mass is 9.92. The highest BCUT2D eigenvalue weighted by molar-refractivity contribution is 6.31. The van der Waals surface area contributed by atoms with E-state index >= 15 is 0 Å². The molecule has 0 aromatic carbocycles. The average Bonchev–Trinajstić information content (AvgIpc) is 2.46. The van der Waals surface area contributed by atoms with Crippen molar-refractivity contribution in [1.29, 1.82) is 0 Å². The molecule has 0 saturated carbocycles. The second-order valence-electron chi connectivity index (χ2n) is 6.50. The highest BCUT2D eigenvalue weighted by atomic mass is 35.5. The monoisotopic (exact) mass is 257 g/mol. The molecule has 17 heavy (non-hydrogen) atoms. The summed E-state index contributed by atoms with van der Waals surface area (Å²) in [7, 11) is 0. The van der Waals surface area contributed by atoms with Crippen LogP contribution in [-0.2, 0) is 6.54 Å². The number of aromatic nitrogens is 2. The van der Waals surface area contributed by atoms with Crippen LogP contribution in [0.2, 0.25) is 5.02 Å². The van der Waals surface area contributed by atoms with Crippen molar-refractivity contribution < 1.29 is 0 Å². The zero-order valence-electron chi connectivity index (χ0n) is 11.8. The van der Waals surface area contributed by atoms with Gasteiger partial charge >= 0.3 is 0 Å². The van der Waals surface area contributed by atoms with E-state index < -0.39 is 0 Å². The van der Waals surface area contributed by atoms with Crippen LogP contribution in [0.5, 0.6) is 0 Å². The smallest absolute Gasteiger partial charge is 0.0814 e. The van der Waals surface area contributed by atoms with Gasteiger partial charge < -0.3 is 5.32 Å². The number of hydrogen-bond acceptors (Lipinski definition) is 2. The summed E-state index contributed by atoms with van der Waals surface area (Å²) in [6.45, 7) is 14.8. The zero-order chi connectivity index (χ0) is 13.3. The third-order valence-corrected chi connectivity index (χ3v) is 3.09. The van der Waals surface area contributed by atoms with E-state index in [0.29, 0.717) is 0 Å². The van der Waals surface area contributed by atoms with Crippen molar-refractivity contribution in [2.24, 2.45) is 5.41 Å². The quantitative estimate of drug-likeness (QED) is 0.897. The van der Waals surface area contributed by atoms with Gasteiger partial charge in [-0.05, 0) is 33.1 Å². The summed E-state index contributed by atoms with van der Waals surface area (Å²) in [5.41, 5.74) is 1.33. The predicted octanol–water partition coefficient (Wildman–Crippen LogP) is 3.26. The minimum Gasteiger partial charge on any atom is -0.311 e. The number of nitrogens with zero attached hydrogens (tertiary/aromatic N) is 2. The molecule has 3 nitrogen and oxygen atoms in total. The number of halogens is 1. The van der Waals surface area contributed by atoms with E-state index in [1.165, 1.54) is 0 Å². The van der Waals surface area contributed by atoms with Gasteiger partial charge in [0.2, 0.25) is 0 Å². The molecule has 0 aliphatic carbocycles. The van der Waals surface area contributed by atoms with Crippen molar-refractivity contribution in [2.75, 3.05) is 6.54 Å². The second kappa shape index (κ2) is 4.99. The maximum atomic E-state index is 6.01. The first-order valence-electron chi connectivity index (χ1n) is 6.04. The molecule has 1 aromatic rings. The molecule has 1 rings (SSSR count). The van der Waals surface area contributed by atoms with E-state index in [1.54, 1.807) is 6.20 Å². The molecule has 4 heteroatoms. The van der Waals surface area contributed by atoms with E-state index in [-0.39, 0.29) is 11.0 Å². The van der Waals surface area contributed by atoms with Crippen LogP contribution in [-0.4, -0.2) is 21.9 Å². The second-order valence-corrected chi connectivity index (χ2v) is 6.91. The Morgan fingerprint density at radius 3 is 2.29 bits per heavy atom. The highest BCUT2D eigenvalue weighted by Gasteiger charge is 2.22. The Kier molecular flexibility index (Phi) is 4.26. The van der Waals surface area contributed by atoms with Crippen molar-refractivity contribution in [1.82, 2.24) is 15.1 Å². The van der Waals surface area contributed by atoms with Gasteiger partial charge in [-0.3, -0.25) is 4.68 Å². The first-order chi connectivity index (χ1) is 7.61. The molecule has 0 aliphatic rings. The first-order valence-corrected chi connectivity index (χ1v) is 6.41. The largest absolute Gasteiger partial charge is 0.311 e. The molecular weight excluding hydrogens is 234 g/mol. The molecule has 1 heterocycles. The molecule has 0 spiro atoms. The van der Waals surface area contributed by atoms with Crippen molar-refractivity contribution in [3.8, 4) is 0 Å². The number of hydrogen-bond donors (Lipinski definition) is 1. The normalized spacial score (nSPS) is 13.1. The summed E-state index contributed by atoms with van der Waals surface area (Å²) < 4.78 is 1.98. The molecule has 0 fully saturated rings. The molecule has 1 aromatic heterocycles. The van der Waals surface area contributed by atoms with Crippen molar-refractivity contribution in [3.05, 3.63) is 16.9 Å². The van der Waals surface area contributed by atoms with Crippen molar-refractivity contribution >= 4 is 11.6 Å². The van der Waals surface area contributed by atoms with Gasteiger partial charge in [-0.1, -0.05) is 25.4 Å². The van der Waals surface area contributed by atoms with Crippen LogP contribution in [0.15, 0.2) is 6.20 Å². The maximum Gasteiger partial charge on any atom is 0.0814 e. The molecule has 1 N–H and O–H groups in total. The lowest BCUT2D eigenvalue weighted by Gasteiger charge is -2.30. The van der Waals surface area contributed by atoms with E-state index in [1.807, 2.05) is 11.6 Å². The van der Waals surface area contributed by atoms with E-state index in [4.69, 9.17) is 11.6 Å². The predicted molar refractivity (Wildman–Crippen MR) is 73.5 cm³/mol. The van der Waals surface area contributed by atoms with Gasteiger partial charge in [-0.15, -0.1) is 0 Å². The standard InChI is InChI=1S/C13H24ClN3/c1-10-11(14)7-16-17(10)9-13(5,6)8-15-12(2,3)4/h7,15H,8-9H2,1-6H3. The molecule has 0 radical (unpaired) electrons. The first kappa shape index (κ1) is 14.5. The summed E-state index contributed by atoms with van der Waals surface area (Å²) in [6, 6.07) is 0. The van der Waals surface area contributed by atoms with E-state index in [2.05, 4.69) is 45.0 Å². The van der Waals surface area contributed by atoms with Crippen molar-refractivity contribution in [2.45, 2.75) is 53.6 Å². The summed E-state index contributed by atoms with van der Waals surface area (Å²) in [5.74, 6) is 0. The fraction of sp³-hybridized carbons (Fsp3) is 0.769. The zero-order valence-corrected chi connectivity index (χ0v) is 12.5. The van der Waals surface area contributed by atoms with Gasteiger partial charge in [0.25, 0.3) is 0 Å². The Morgan fingerprint density at radius 1 is 1.29 bits per heavy atom. The van der Waals surface area contributed by atoms with Gasteiger partial charge in [0.05, 0.1) is 16.9 Å². The van der Waals surface area contributed by atoms with E-state index in [0.717, 1.165) is 23.8 Å². The lowest BCUT2D eigenvalue weighted by molar-refractivity contribution is 0.244. The fourth-order valence-corrected chi connectivity index (χ4v) is 1.69. The minimum atomic E-state index is 0.146. The SMILES string of the molecule is Cc1c(Cl)cnn1CC(C)(C)CNC(C)(C)C. The third-order valence-electron chi connectivity index (χ3n) is 2.72. The fourth-order valence-electron chi connectivity index (χ4n) is 1.55. The van der Waals surface area contributed by atoms with Crippen LogP contribution in [0.4, 0.5) is 0 Å². The van der Waals surface area contributed by atoms with Crippen LogP contribution in [0.1, 0.15) is 40.3 Å². The average molecular weight is 258 g/mol. The van der Waals surface area contributed by atoms with Crippen LogP contribution < -0.4 is 5.32 Å². The molecule has 0 unspecified atom stereocenters. The third kappa shape index (κ3) is 4.68. The van der Waals surface area contributed by atoms with Crippen LogP contribution in [0.25, 0.3) is 0 Å².